The van der Waals surface area contributed by atoms with E-state index in [1.165, 1.54) is 37.6 Å². The van der Waals surface area contributed by atoms with Crippen LogP contribution in [0, 0.1) is 11.3 Å². The molecular weight excluding hydrogens is 917 g/mol. The number of carbonyl (C=O) groups excluding carboxylic acids is 4. The van der Waals surface area contributed by atoms with E-state index in [0.29, 0.717) is 61.9 Å². The lowest BCUT2D eigenvalue weighted by Gasteiger charge is -2.36. The van der Waals surface area contributed by atoms with Crippen molar-refractivity contribution in [1.82, 2.24) is 30.2 Å². The summed E-state index contributed by atoms with van der Waals surface area (Å²) in [7, 11) is 7.84. The summed E-state index contributed by atoms with van der Waals surface area (Å²) in [6.45, 7) is 11.7. The number of nitrogens with one attached hydrogen (secondary N) is 2. The van der Waals surface area contributed by atoms with Gasteiger partial charge in [-0.2, -0.15) is 0 Å². The van der Waals surface area contributed by atoms with Crippen LogP contribution in [0.1, 0.15) is 70.6 Å². The van der Waals surface area contributed by atoms with Gasteiger partial charge in [-0.15, -0.1) is 6.34 Å². The van der Waals surface area contributed by atoms with Crippen LogP contribution >= 0.6 is 0 Å². The molecule has 72 heavy (non-hydrogen) atoms. The van der Waals surface area contributed by atoms with Gasteiger partial charge in [-0.25, -0.2) is 5.43 Å². The van der Waals surface area contributed by atoms with Crippen LogP contribution < -0.4 is 25.0 Å². The Hall–Kier alpha value is -6.98. The van der Waals surface area contributed by atoms with Gasteiger partial charge in [0.1, 0.15) is 35.4 Å². The maximum Gasteiger partial charge on any atom is 0.324 e. The quantitative estimate of drug-likeness (QED) is 0.0425. The molecule has 17 heteroatoms. The number of rotatable bonds is 16. The number of ether oxygens (including phenoxy) is 5. The van der Waals surface area contributed by atoms with Gasteiger partial charge in [-0.3, -0.25) is 29.2 Å². The lowest BCUT2D eigenvalue weighted by Crippen LogP contribution is -2.62. The second-order valence-electron chi connectivity index (χ2n) is 19.5. The predicted octanol–water partition coefficient (Wildman–Crippen LogP) is 7.82. The lowest BCUT2D eigenvalue weighted by atomic mass is 9.84. The van der Waals surface area contributed by atoms with E-state index >= 15 is 0 Å². The molecule has 2 N–H and O–H groups in total. The van der Waals surface area contributed by atoms with Crippen LogP contribution in [0.15, 0.2) is 78.0 Å². The van der Waals surface area contributed by atoms with E-state index in [9.17, 15) is 19.2 Å². The van der Waals surface area contributed by atoms with Crippen molar-refractivity contribution < 1.29 is 42.9 Å². The number of amides is 3. The van der Waals surface area contributed by atoms with E-state index in [0.717, 1.165) is 50.0 Å². The van der Waals surface area contributed by atoms with Crippen LogP contribution in [0.4, 0.5) is 5.69 Å². The molecule has 0 unspecified atom stereocenters. The number of methoxy groups -OCH3 is 4. The molecule has 1 saturated heterocycles. The summed E-state index contributed by atoms with van der Waals surface area (Å²) < 4.78 is 30.4. The minimum absolute atomic E-state index is 0.00644. The number of aromatic nitrogens is 2. The zero-order valence-electron chi connectivity index (χ0n) is 43.2. The highest BCUT2D eigenvalue weighted by Gasteiger charge is 2.37. The fourth-order valence-corrected chi connectivity index (χ4v) is 9.80. The third-order valence-electron chi connectivity index (χ3n) is 13.4. The van der Waals surface area contributed by atoms with Gasteiger partial charge < -0.3 is 48.8 Å². The van der Waals surface area contributed by atoms with Gasteiger partial charge in [0.15, 0.2) is 0 Å². The molecule has 0 radical (unpaired) electrons. The van der Waals surface area contributed by atoms with E-state index in [4.69, 9.17) is 23.7 Å². The molecule has 384 valence electrons. The van der Waals surface area contributed by atoms with Gasteiger partial charge in [0, 0.05) is 92.2 Å². The number of fused-ring (bicyclic) bond motifs is 6. The van der Waals surface area contributed by atoms with E-state index in [2.05, 4.69) is 75.6 Å². The van der Waals surface area contributed by atoms with Gasteiger partial charge in [-0.1, -0.05) is 58.0 Å². The first-order valence-electron chi connectivity index (χ1n) is 24.6. The molecule has 0 spiro atoms. The first-order valence-corrected chi connectivity index (χ1v) is 24.6. The third kappa shape index (κ3) is 11.9. The maximum atomic E-state index is 14.7. The van der Waals surface area contributed by atoms with Crippen molar-refractivity contribution in [2.45, 2.75) is 98.0 Å². The first kappa shape index (κ1) is 52.8. The summed E-state index contributed by atoms with van der Waals surface area (Å²) in [4.78, 5) is 67.4. The number of benzene rings is 3. The molecule has 7 rings (SSSR count). The van der Waals surface area contributed by atoms with Crippen LogP contribution in [0.25, 0.3) is 38.6 Å². The zero-order valence-corrected chi connectivity index (χ0v) is 43.2. The molecule has 2 aliphatic rings. The summed E-state index contributed by atoms with van der Waals surface area (Å²) in [6.07, 6.45) is 6.75. The molecule has 2 aromatic heterocycles. The average molecular weight is 986 g/mol. The highest BCUT2D eigenvalue weighted by Crippen LogP contribution is 2.42. The van der Waals surface area contributed by atoms with Crippen LogP contribution in [0.3, 0.4) is 0 Å². The Morgan fingerprint density at radius 1 is 1.03 bits per heavy atom. The summed E-state index contributed by atoms with van der Waals surface area (Å²) in [5, 5.41) is 9.90. The highest BCUT2D eigenvalue weighted by atomic mass is 16.5. The number of aryl methyl sites for hydroxylation is 1. The number of carbonyl (C=O) groups is 4. The van der Waals surface area contributed by atoms with Gasteiger partial charge in [0.2, 0.25) is 11.8 Å². The largest absolute Gasteiger partial charge is 0.496 e. The second-order valence-corrected chi connectivity index (χ2v) is 19.5. The number of hydrazine groups is 1. The topological polar surface area (TPSA) is 189 Å². The monoisotopic (exact) mass is 986 g/mol. The molecule has 2 aliphatic heterocycles. The molecule has 1 fully saturated rings. The Morgan fingerprint density at radius 2 is 1.78 bits per heavy atom. The fourth-order valence-electron chi connectivity index (χ4n) is 9.80. The number of aliphatic imine (C=N–C) groups is 1. The molecular formula is C55H69N8O9-. The van der Waals surface area contributed by atoms with E-state index in [1.54, 1.807) is 32.5 Å². The molecule has 17 nitrogen and oxygen atoms in total. The summed E-state index contributed by atoms with van der Waals surface area (Å²) >= 11 is 0. The summed E-state index contributed by atoms with van der Waals surface area (Å²) in [5.41, 5.74) is 11.0. The van der Waals surface area contributed by atoms with Gasteiger partial charge in [-0.05, 0) is 84.7 Å². The molecule has 0 saturated carbocycles. The smallest absolute Gasteiger partial charge is 0.324 e. The number of esters is 1. The zero-order chi connectivity index (χ0) is 51.7. The van der Waals surface area contributed by atoms with Crippen LogP contribution in [0.5, 0.6) is 17.2 Å². The lowest BCUT2D eigenvalue weighted by molar-refractivity contribution is -0.155. The van der Waals surface area contributed by atoms with E-state index in [-0.39, 0.29) is 37.8 Å². The minimum atomic E-state index is -1.06. The number of likely N-dealkylation sites (N-methyl/N-ethyl adjacent to an activating group) is 1. The van der Waals surface area contributed by atoms with Crippen LogP contribution in [-0.2, 0) is 54.6 Å². The molecule has 0 aliphatic carbocycles. The van der Waals surface area contributed by atoms with Gasteiger partial charge in [0.05, 0.1) is 40.2 Å². The van der Waals surface area contributed by atoms with E-state index < -0.39 is 41.3 Å². The number of hydrogen-bond donors (Lipinski definition) is 2. The van der Waals surface area contributed by atoms with Crippen molar-refractivity contribution in [1.29, 1.82) is 0 Å². The normalized spacial score (nSPS) is 17.6. The molecule has 3 atom stereocenters. The van der Waals surface area contributed by atoms with Crippen LogP contribution in [-0.4, -0.2) is 123 Å². The Labute approximate surface area is 422 Å². The Bertz CT molecular complexity index is 2760. The number of nitrogens with zero attached hydrogens (tertiary/aromatic N) is 6. The SMILES string of the molecule is CCn1c(-c2cnccc2COC)c2c3cc(ccc31)-c1cccc(c1)C[C@H](NC(=O)[C@H](C(C)C)N(C)C(=O)CC[N-]C=Nc1c(OC)cc(OC)cc1OC)C(=O)N1CCC[C@H](N1)C(=O)OCC(C)(C)C2. The minimum Gasteiger partial charge on any atom is -0.496 e. The first-order chi connectivity index (χ1) is 34.6. The second kappa shape index (κ2) is 23.5. The fraction of sp³-hybridized carbons (Fsp3) is 0.455. The number of hydrogen-bond acceptors (Lipinski definition) is 12. The Kier molecular flexibility index (Phi) is 17.2. The van der Waals surface area contributed by atoms with Crippen molar-refractivity contribution in [3.63, 3.8) is 0 Å². The third-order valence-corrected chi connectivity index (χ3v) is 13.4. The van der Waals surface area contributed by atoms with Crippen molar-refractivity contribution in [3.05, 3.63) is 95.1 Å². The highest BCUT2D eigenvalue weighted by molar-refractivity contribution is 5.96. The Morgan fingerprint density at radius 3 is 2.47 bits per heavy atom. The standard InChI is InChI=1S/C55H70N8O9/c1-11-62-45-18-17-37-26-40(45)41(51(62)42-30-56-21-19-38(42)31-68-7)29-55(4,5)32-72-54(67)43-16-13-23-63(60-43)53(66)44(25-35-14-12-15-36(37)24-35)59-52(65)50(34(2)3)61(6)48(64)20-22-57-33-58-49-46(70-9)27-39(69-8)28-47(49)71-10/h12,14-15,17-19,21,24,26-28,30,33-34,43-44,50,60H,11,13,16,20,22-23,25,29,31-32H2,1-10H3,(H2,57,58,59,65)/p-1/t43-,44-,50-/m0/s1. The maximum absolute atomic E-state index is 14.7. The summed E-state index contributed by atoms with van der Waals surface area (Å²) in [6, 6.07) is 17.1. The van der Waals surface area contributed by atoms with Gasteiger partial charge in [0.25, 0.3) is 5.91 Å². The van der Waals surface area contributed by atoms with E-state index in [1.807, 2.05) is 44.3 Å². The molecule has 4 heterocycles. The average Bonchev–Trinajstić information content (AvgIpc) is 3.68. The van der Waals surface area contributed by atoms with Crippen molar-refractivity contribution in [2.24, 2.45) is 16.3 Å². The van der Waals surface area contributed by atoms with Crippen molar-refractivity contribution in [3.8, 4) is 39.6 Å². The molecule has 3 amide bonds. The number of cyclic esters (lactones) is 1. The Balaban J connectivity index is 1.18. The van der Waals surface area contributed by atoms with Crippen LogP contribution in [0.2, 0.25) is 0 Å². The molecule has 3 aromatic carbocycles. The number of pyridine rings is 1. The van der Waals surface area contributed by atoms with Crippen molar-refractivity contribution in [2.75, 3.05) is 55.2 Å². The molecule has 6 bridgehead atoms. The molecule has 5 aromatic rings. The summed E-state index contributed by atoms with van der Waals surface area (Å²) in [5.74, 6) is -0.602. The van der Waals surface area contributed by atoms with Crippen molar-refractivity contribution >= 4 is 46.6 Å². The van der Waals surface area contributed by atoms with Gasteiger partial charge >= 0.3 is 5.97 Å². The predicted molar refractivity (Wildman–Crippen MR) is 277 cm³/mol.